The maximum atomic E-state index is 12.8. The molecule has 0 spiro atoms. The molecule has 9 heteroatoms. The molecule has 3 aromatic rings. The van der Waals surface area contributed by atoms with Gasteiger partial charge < -0.3 is 24.1 Å². The summed E-state index contributed by atoms with van der Waals surface area (Å²) in [6.45, 7) is 3.17. The Morgan fingerprint density at radius 2 is 2.10 bits per heavy atom. The zero-order valence-electron chi connectivity index (χ0n) is 16.4. The van der Waals surface area contributed by atoms with Crippen LogP contribution in [0.15, 0.2) is 34.9 Å². The number of ether oxygens (including phenoxy) is 2. The Bertz CT molecular complexity index is 1130. The molecule has 5 rings (SSSR count). The van der Waals surface area contributed by atoms with Crippen LogP contribution in [0.1, 0.15) is 43.4 Å². The average Bonchev–Trinajstić information content (AvgIpc) is 3.49. The minimum atomic E-state index is -0.293. The lowest BCUT2D eigenvalue weighted by Crippen LogP contribution is -2.37. The highest BCUT2D eigenvalue weighted by Crippen LogP contribution is 2.32. The van der Waals surface area contributed by atoms with Gasteiger partial charge in [-0.2, -0.15) is 5.10 Å². The number of aromatic nitrogens is 2. The lowest BCUT2D eigenvalue weighted by molar-refractivity contribution is 0.0729. The van der Waals surface area contributed by atoms with Gasteiger partial charge in [-0.3, -0.25) is 14.7 Å². The second-order valence-electron chi connectivity index (χ2n) is 7.27. The van der Waals surface area contributed by atoms with E-state index in [9.17, 15) is 9.59 Å². The molecule has 2 aliphatic heterocycles. The zero-order chi connectivity index (χ0) is 20.7. The third-order valence-corrected chi connectivity index (χ3v) is 5.42. The molecule has 4 heterocycles. The molecule has 2 N–H and O–H groups in total. The summed E-state index contributed by atoms with van der Waals surface area (Å²) < 4.78 is 15.9. The van der Waals surface area contributed by atoms with Crippen molar-refractivity contribution in [1.29, 1.82) is 0 Å². The van der Waals surface area contributed by atoms with Gasteiger partial charge in [0.05, 0.1) is 18.4 Å². The number of carbonyl (C=O) groups is 2. The van der Waals surface area contributed by atoms with E-state index in [-0.39, 0.29) is 18.6 Å². The minimum Gasteiger partial charge on any atom is -0.469 e. The van der Waals surface area contributed by atoms with Gasteiger partial charge in [0.1, 0.15) is 5.76 Å². The topological polar surface area (TPSA) is 110 Å². The minimum absolute atomic E-state index is 0.111. The lowest BCUT2D eigenvalue weighted by atomic mass is 10.0. The Balaban J connectivity index is 1.29. The Kier molecular flexibility index (Phi) is 4.42. The number of aromatic amines is 1. The largest absolute Gasteiger partial charge is 0.469 e. The standard InChI is InChI=1S/C21H20N4O5/c1-12-14(5-7-28-12)21(27)25-6-4-16-15(10-25)19(24-23-16)20(26)22-9-13-2-3-17-18(8-13)30-11-29-17/h2-3,5,7-8H,4,6,9-11H2,1H3,(H,22,26)(H,23,24). The molecule has 0 saturated carbocycles. The number of carbonyl (C=O) groups excluding carboxylic acids is 2. The molecule has 0 aliphatic carbocycles. The first-order valence-electron chi connectivity index (χ1n) is 9.66. The van der Waals surface area contributed by atoms with Gasteiger partial charge >= 0.3 is 0 Å². The van der Waals surface area contributed by atoms with Crippen LogP contribution in [0, 0.1) is 6.92 Å². The van der Waals surface area contributed by atoms with E-state index < -0.39 is 0 Å². The Morgan fingerprint density at radius 1 is 1.23 bits per heavy atom. The third-order valence-electron chi connectivity index (χ3n) is 5.42. The van der Waals surface area contributed by atoms with E-state index in [0.29, 0.717) is 54.6 Å². The monoisotopic (exact) mass is 408 g/mol. The summed E-state index contributed by atoms with van der Waals surface area (Å²) >= 11 is 0. The van der Waals surface area contributed by atoms with Crippen LogP contribution in [0.25, 0.3) is 0 Å². The van der Waals surface area contributed by atoms with Gasteiger partial charge in [0.15, 0.2) is 17.2 Å². The summed E-state index contributed by atoms with van der Waals surface area (Å²) in [5.41, 5.74) is 3.38. The second-order valence-corrected chi connectivity index (χ2v) is 7.27. The van der Waals surface area contributed by atoms with Gasteiger partial charge in [0.2, 0.25) is 6.79 Å². The summed E-state index contributed by atoms with van der Waals surface area (Å²) in [5, 5.41) is 10.0. The van der Waals surface area contributed by atoms with Crippen molar-refractivity contribution in [1.82, 2.24) is 20.4 Å². The van der Waals surface area contributed by atoms with Crippen molar-refractivity contribution in [2.45, 2.75) is 26.4 Å². The van der Waals surface area contributed by atoms with Gasteiger partial charge in [-0.15, -0.1) is 0 Å². The molecule has 0 fully saturated rings. The molecule has 154 valence electrons. The van der Waals surface area contributed by atoms with E-state index in [4.69, 9.17) is 13.9 Å². The SMILES string of the molecule is Cc1occc1C(=O)N1CCc2[nH]nc(C(=O)NCc3ccc4c(c3)OCO4)c2C1. The number of rotatable bonds is 4. The molecule has 30 heavy (non-hydrogen) atoms. The van der Waals surface area contributed by atoms with Crippen molar-refractivity contribution in [2.75, 3.05) is 13.3 Å². The zero-order valence-corrected chi connectivity index (χ0v) is 16.4. The smallest absolute Gasteiger partial charge is 0.272 e. The molecule has 0 unspecified atom stereocenters. The third kappa shape index (κ3) is 3.18. The summed E-state index contributed by atoms with van der Waals surface area (Å²) in [6, 6.07) is 7.21. The Morgan fingerprint density at radius 3 is 2.93 bits per heavy atom. The summed E-state index contributed by atoms with van der Waals surface area (Å²) in [7, 11) is 0. The number of fused-ring (bicyclic) bond motifs is 2. The highest BCUT2D eigenvalue weighted by atomic mass is 16.7. The maximum Gasteiger partial charge on any atom is 0.272 e. The number of benzene rings is 1. The number of hydrogen-bond donors (Lipinski definition) is 2. The van der Waals surface area contributed by atoms with E-state index in [1.165, 1.54) is 6.26 Å². The second kappa shape index (κ2) is 7.25. The fourth-order valence-corrected chi connectivity index (χ4v) is 3.75. The average molecular weight is 408 g/mol. The van der Waals surface area contributed by atoms with Gasteiger partial charge in [0.25, 0.3) is 11.8 Å². The quantitative estimate of drug-likeness (QED) is 0.685. The van der Waals surface area contributed by atoms with Crippen LogP contribution in [-0.4, -0.2) is 40.2 Å². The fourth-order valence-electron chi connectivity index (χ4n) is 3.75. The molecule has 0 saturated heterocycles. The van der Waals surface area contributed by atoms with Gasteiger partial charge in [0, 0.05) is 30.8 Å². The number of nitrogens with one attached hydrogen (secondary N) is 2. The number of aryl methyl sites for hydroxylation is 1. The van der Waals surface area contributed by atoms with Crippen molar-refractivity contribution >= 4 is 11.8 Å². The first kappa shape index (κ1) is 18.3. The van der Waals surface area contributed by atoms with E-state index in [1.807, 2.05) is 18.2 Å². The molecule has 2 aromatic heterocycles. The number of nitrogens with zero attached hydrogens (tertiary/aromatic N) is 2. The van der Waals surface area contributed by atoms with Crippen molar-refractivity contribution in [2.24, 2.45) is 0 Å². The Labute approximate surface area is 172 Å². The van der Waals surface area contributed by atoms with Crippen molar-refractivity contribution in [3.8, 4) is 11.5 Å². The molecule has 0 bridgehead atoms. The van der Waals surface area contributed by atoms with Gasteiger partial charge in [-0.25, -0.2) is 0 Å². The van der Waals surface area contributed by atoms with Gasteiger partial charge in [-0.1, -0.05) is 6.07 Å². The molecular formula is C21H20N4O5. The predicted molar refractivity (Wildman–Crippen MR) is 104 cm³/mol. The molecular weight excluding hydrogens is 388 g/mol. The van der Waals surface area contributed by atoms with Crippen molar-refractivity contribution in [3.63, 3.8) is 0 Å². The van der Waals surface area contributed by atoms with Crippen LogP contribution in [-0.2, 0) is 19.5 Å². The first-order valence-corrected chi connectivity index (χ1v) is 9.66. The van der Waals surface area contributed by atoms with E-state index in [2.05, 4.69) is 15.5 Å². The van der Waals surface area contributed by atoms with Crippen LogP contribution < -0.4 is 14.8 Å². The summed E-state index contributed by atoms with van der Waals surface area (Å²) in [5.74, 6) is 1.55. The fraction of sp³-hybridized carbons (Fsp3) is 0.286. The maximum absolute atomic E-state index is 12.8. The van der Waals surface area contributed by atoms with Crippen LogP contribution in [0.4, 0.5) is 0 Å². The molecule has 0 radical (unpaired) electrons. The lowest BCUT2D eigenvalue weighted by Gasteiger charge is -2.27. The van der Waals surface area contributed by atoms with Crippen LogP contribution in [0.2, 0.25) is 0 Å². The first-order chi connectivity index (χ1) is 14.6. The highest BCUT2D eigenvalue weighted by Gasteiger charge is 2.29. The van der Waals surface area contributed by atoms with Crippen LogP contribution in [0.3, 0.4) is 0 Å². The van der Waals surface area contributed by atoms with Crippen LogP contribution in [0.5, 0.6) is 11.5 Å². The van der Waals surface area contributed by atoms with Crippen molar-refractivity contribution in [3.05, 3.63) is 64.4 Å². The highest BCUT2D eigenvalue weighted by molar-refractivity contribution is 5.96. The molecule has 2 amide bonds. The molecule has 9 nitrogen and oxygen atoms in total. The number of amides is 2. The van der Waals surface area contributed by atoms with Crippen molar-refractivity contribution < 1.29 is 23.5 Å². The summed E-state index contributed by atoms with van der Waals surface area (Å²) in [6.07, 6.45) is 2.12. The molecule has 1 aromatic carbocycles. The number of hydrogen-bond acceptors (Lipinski definition) is 6. The molecule has 2 aliphatic rings. The Hall–Kier alpha value is -3.75. The van der Waals surface area contributed by atoms with Gasteiger partial charge in [-0.05, 0) is 30.7 Å². The van der Waals surface area contributed by atoms with E-state index >= 15 is 0 Å². The summed E-state index contributed by atoms with van der Waals surface area (Å²) in [4.78, 5) is 27.3. The number of H-pyrrole nitrogens is 1. The predicted octanol–water partition coefficient (Wildman–Crippen LogP) is 2.17. The van der Waals surface area contributed by atoms with E-state index in [1.54, 1.807) is 17.9 Å². The molecule has 0 atom stereocenters. The van der Waals surface area contributed by atoms with E-state index in [0.717, 1.165) is 16.8 Å². The normalized spacial score (nSPS) is 14.5. The van der Waals surface area contributed by atoms with Crippen LogP contribution >= 0.6 is 0 Å². The number of furan rings is 1.